The fourth-order valence-corrected chi connectivity index (χ4v) is 2.19. The lowest BCUT2D eigenvalue weighted by atomic mass is 9.95. The van der Waals surface area contributed by atoms with Crippen LogP contribution in [0.25, 0.3) is 0 Å². The Morgan fingerprint density at radius 1 is 1.29 bits per heavy atom. The molecule has 1 rings (SSSR count). The lowest BCUT2D eigenvalue weighted by molar-refractivity contribution is 0.0117. The number of aromatic nitrogens is 1. The van der Waals surface area contributed by atoms with Crippen molar-refractivity contribution in [3.63, 3.8) is 0 Å². The molecule has 1 unspecified atom stereocenters. The molecule has 0 aliphatic carbocycles. The summed E-state index contributed by atoms with van der Waals surface area (Å²) in [7, 11) is 3.42. The van der Waals surface area contributed by atoms with Gasteiger partial charge in [-0.3, -0.25) is 0 Å². The summed E-state index contributed by atoms with van der Waals surface area (Å²) in [6, 6.07) is 4.47. The molecule has 0 radical (unpaired) electrons. The number of hydrogen-bond acceptors (Lipinski definition) is 4. The molecule has 1 aromatic rings. The van der Waals surface area contributed by atoms with Gasteiger partial charge in [-0.15, -0.1) is 0 Å². The van der Waals surface area contributed by atoms with Crippen LogP contribution in [0.2, 0.25) is 0 Å². The van der Waals surface area contributed by atoms with Crippen molar-refractivity contribution in [3.05, 3.63) is 23.9 Å². The molecular formula is C17H30N2O2. The minimum absolute atomic E-state index is 0.0652. The zero-order valence-corrected chi connectivity index (χ0v) is 14.1. The fourth-order valence-electron chi connectivity index (χ4n) is 2.19. The van der Waals surface area contributed by atoms with E-state index in [2.05, 4.69) is 37.1 Å². The van der Waals surface area contributed by atoms with Crippen molar-refractivity contribution >= 4 is 0 Å². The van der Waals surface area contributed by atoms with Gasteiger partial charge in [-0.25, -0.2) is 4.98 Å². The van der Waals surface area contributed by atoms with Gasteiger partial charge in [0.1, 0.15) is 0 Å². The quantitative estimate of drug-likeness (QED) is 0.719. The highest BCUT2D eigenvalue weighted by atomic mass is 16.5. The maximum atomic E-state index is 5.52. The second-order valence-corrected chi connectivity index (χ2v) is 6.07. The zero-order chi connectivity index (χ0) is 15.7. The van der Waals surface area contributed by atoms with Crippen LogP contribution in [-0.4, -0.2) is 37.4 Å². The standard InChI is InChI=1S/C17H30N2O2/c1-6-11-18-15(9-10-17(2,3)21-5)12-14-7-8-16(20-4)19-13-14/h7-8,13,15,18H,6,9-12H2,1-5H3. The minimum Gasteiger partial charge on any atom is -0.481 e. The predicted octanol–water partition coefficient (Wildman–Crippen LogP) is 3.21. The molecular weight excluding hydrogens is 264 g/mol. The Morgan fingerprint density at radius 2 is 2.05 bits per heavy atom. The second kappa shape index (κ2) is 9.00. The first-order chi connectivity index (χ1) is 10.0. The van der Waals surface area contributed by atoms with Gasteiger partial charge >= 0.3 is 0 Å². The van der Waals surface area contributed by atoms with E-state index in [-0.39, 0.29) is 5.60 Å². The number of nitrogens with one attached hydrogen (secondary N) is 1. The van der Waals surface area contributed by atoms with E-state index >= 15 is 0 Å². The number of methoxy groups -OCH3 is 2. The van der Waals surface area contributed by atoms with E-state index in [1.165, 1.54) is 5.56 Å². The number of hydrogen-bond donors (Lipinski definition) is 1. The van der Waals surface area contributed by atoms with Gasteiger partial charge in [0.2, 0.25) is 5.88 Å². The number of rotatable bonds is 10. The third kappa shape index (κ3) is 6.91. The Labute approximate surface area is 129 Å². The molecule has 4 nitrogen and oxygen atoms in total. The Balaban J connectivity index is 2.59. The van der Waals surface area contributed by atoms with E-state index in [1.54, 1.807) is 14.2 Å². The van der Waals surface area contributed by atoms with Crippen LogP contribution >= 0.6 is 0 Å². The van der Waals surface area contributed by atoms with Crippen LogP contribution in [0.5, 0.6) is 5.88 Å². The van der Waals surface area contributed by atoms with E-state index < -0.39 is 0 Å². The normalized spacial score (nSPS) is 13.2. The largest absolute Gasteiger partial charge is 0.481 e. The van der Waals surface area contributed by atoms with Crippen molar-refractivity contribution in [1.29, 1.82) is 0 Å². The van der Waals surface area contributed by atoms with Crippen LogP contribution in [-0.2, 0) is 11.2 Å². The zero-order valence-electron chi connectivity index (χ0n) is 14.1. The molecule has 120 valence electrons. The van der Waals surface area contributed by atoms with Gasteiger partial charge in [-0.1, -0.05) is 13.0 Å². The summed E-state index contributed by atoms with van der Waals surface area (Å²) < 4.78 is 10.6. The van der Waals surface area contributed by atoms with Crippen LogP contribution in [0, 0.1) is 0 Å². The molecule has 1 N–H and O–H groups in total. The maximum Gasteiger partial charge on any atom is 0.212 e. The van der Waals surface area contributed by atoms with E-state index in [4.69, 9.17) is 9.47 Å². The maximum absolute atomic E-state index is 5.52. The fraction of sp³-hybridized carbons (Fsp3) is 0.706. The van der Waals surface area contributed by atoms with E-state index in [0.29, 0.717) is 11.9 Å². The number of ether oxygens (including phenoxy) is 2. The minimum atomic E-state index is -0.0652. The molecule has 0 aliphatic rings. The topological polar surface area (TPSA) is 43.4 Å². The molecule has 4 heteroatoms. The summed E-state index contributed by atoms with van der Waals surface area (Å²) in [5, 5.41) is 3.63. The monoisotopic (exact) mass is 294 g/mol. The summed E-state index contributed by atoms with van der Waals surface area (Å²) in [6.45, 7) is 7.51. The molecule has 1 aromatic heterocycles. The highest BCUT2D eigenvalue weighted by Crippen LogP contribution is 2.19. The van der Waals surface area contributed by atoms with Crippen molar-refractivity contribution in [3.8, 4) is 5.88 Å². The first kappa shape index (κ1) is 17.9. The molecule has 0 bridgehead atoms. The molecule has 0 spiro atoms. The Bertz CT molecular complexity index is 390. The van der Waals surface area contributed by atoms with E-state index in [0.717, 1.165) is 32.2 Å². The first-order valence-corrected chi connectivity index (χ1v) is 7.78. The average molecular weight is 294 g/mol. The van der Waals surface area contributed by atoms with Gasteiger partial charge < -0.3 is 14.8 Å². The Morgan fingerprint density at radius 3 is 2.57 bits per heavy atom. The van der Waals surface area contributed by atoms with Gasteiger partial charge in [0.15, 0.2) is 0 Å². The molecule has 0 aliphatic heterocycles. The van der Waals surface area contributed by atoms with Gasteiger partial charge in [0.05, 0.1) is 12.7 Å². The average Bonchev–Trinajstić information content (AvgIpc) is 2.50. The van der Waals surface area contributed by atoms with E-state index in [9.17, 15) is 0 Å². The van der Waals surface area contributed by atoms with Crippen molar-refractivity contribution in [1.82, 2.24) is 10.3 Å². The highest BCUT2D eigenvalue weighted by molar-refractivity contribution is 5.18. The number of nitrogens with zero attached hydrogens (tertiary/aromatic N) is 1. The summed E-state index contributed by atoms with van der Waals surface area (Å²) in [6.07, 6.45) is 6.16. The Hall–Kier alpha value is -1.13. The van der Waals surface area contributed by atoms with Crippen molar-refractivity contribution in [2.24, 2.45) is 0 Å². The van der Waals surface area contributed by atoms with Gasteiger partial charge in [0, 0.05) is 25.4 Å². The molecule has 0 fully saturated rings. The van der Waals surface area contributed by atoms with Crippen LogP contribution < -0.4 is 10.1 Å². The molecule has 0 aromatic carbocycles. The van der Waals surface area contributed by atoms with Crippen molar-refractivity contribution in [2.45, 2.75) is 58.1 Å². The summed E-state index contributed by atoms with van der Waals surface area (Å²) >= 11 is 0. The van der Waals surface area contributed by atoms with Crippen LogP contribution in [0.15, 0.2) is 18.3 Å². The predicted molar refractivity (Wildman–Crippen MR) is 86.9 cm³/mol. The molecule has 1 atom stereocenters. The molecule has 21 heavy (non-hydrogen) atoms. The molecule has 0 amide bonds. The summed E-state index contributed by atoms with van der Waals surface area (Å²) in [5.41, 5.74) is 1.17. The Kier molecular flexibility index (Phi) is 7.68. The third-order valence-electron chi connectivity index (χ3n) is 3.82. The van der Waals surface area contributed by atoms with Crippen molar-refractivity contribution < 1.29 is 9.47 Å². The van der Waals surface area contributed by atoms with Gasteiger partial charge in [-0.2, -0.15) is 0 Å². The SMILES string of the molecule is CCCNC(CCC(C)(C)OC)Cc1ccc(OC)nc1. The van der Waals surface area contributed by atoms with Crippen LogP contribution in [0.3, 0.4) is 0 Å². The molecule has 1 heterocycles. The van der Waals surface area contributed by atoms with Gasteiger partial charge in [-0.05, 0) is 51.6 Å². The third-order valence-corrected chi connectivity index (χ3v) is 3.82. The van der Waals surface area contributed by atoms with Crippen molar-refractivity contribution in [2.75, 3.05) is 20.8 Å². The van der Waals surface area contributed by atoms with Crippen LogP contribution in [0.4, 0.5) is 0 Å². The second-order valence-electron chi connectivity index (χ2n) is 6.07. The smallest absolute Gasteiger partial charge is 0.212 e. The highest BCUT2D eigenvalue weighted by Gasteiger charge is 2.19. The molecule has 0 saturated heterocycles. The first-order valence-electron chi connectivity index (χ1n) is 7.78. The molecule has 0 saturated carbocycles. The lowest BCUT2D eigenvalue weighted by Gasteiger charge is -2.26. The summed E-state index contributed by atoms with van der Waals surface area (Å²) in [5.74, 6) is 0.664. The van der Waals surface area contributed by atoms with Crippen LogP contribution in [0.1, 0.15) is 45.6 Å². The van der Waals surface area contributed by atoms with Gasteiger partial charge in [0.25, 0.3) is 0 Å². The van der Waals surface area contributed by atoms with E-state index in [1.807, 2.05) is 12.3 Å². The lowest BCUT2D eigenvalue weighted by Crippen LogP contribution is -2.34. The summed E-state index contributed by atoms with van der Waals surface area (Å²) in [4.78, 5) is 4.28. The number of pyridine rings is 1.